The van der Waals surface area contributed by atoms with Crippen LogP contribution in [0.4, 0.5) is 13.2 Å². The number of benzene rings is 3. The normalized spacial score (nSPS) is 18.3. The number of nitrogens with zero attached hydrogens (tertiary/aromatic N) is 1. The number of carboxylic acids is 1. The average Bonchev–Trinajstić information content (AvgIpc) is 3.74. The largest absolute Gasteiger partial charge is 0.490 e. The van der Waals surface area contributed by atoms with Gasteiger partial charge in [0.25, 0.3) is 0 Å². The van der Waals surface area contributed by atoms with Crippen LogP contribution >= 0.6 is 0 Å². The number of carbonyl (C=O) groups is 2. The van der Waals surface area contributed by atoms with Gasteiger partial charge in [0.1, 0.15) is 0 Å². The van der Waals surface area contributed by atoms with Gasteiger partial charge in [-0.15, -0.1) is 0 Å². The summed E-state index contributed by atoms with van der Waals surface area (Å²) in [6.45, 7) is 3.52. The van der Waals surface area contributed by atoms with E-state index in [9.17, 15) is 18.0 Å². The van der Waals surface area contributed by atoms with Crippen LogP contribution in [-0.4, -0.2) is 53.2 Å². The molecule has 47 heavy (non-hydrogen) atoms. The number of carboxylic acid groups (broad SMARTS) is 1. The lowest BCUT2D eigenvalue weighted by Crippen LogP contribution is -2.45. The van der Waals surface area contributed by atoms with Gasteiger partial charge in [-0.1, -0.05) is 92.1 Å². The predicted molar refractivity (Wildman–Crippen MR) is 178 cm³/mol. The summed E-state index contributed by atoms with van der Waals surface area (Å²) in [6.07, 6.45) is 6.60. The van der Waals surface area contributed by atoms with Gasteiger partial charge in [-0.2, -0.15) is 13.2 Å². The maximum atomic E-state index is 13.4. The van der Waals surface area contributed by atoms with E-state index in [0.29, 0.717) is 30.5 Å². The van der Waals surface area contributed by atoms with Crippen molar-refractivity contribution in [2.24, 2.45) is 5.92 Å². The van der Waals surface area contributed by atoms with Gasteiger partial charge in [-0.25, -0.2) is 4.79 Å². The van der Waals surface area contributed by atoms with Gasteiger partial charge >= 0.3 is 12.1 Å². The zero-order valence-corrected chi connectivity index (χ0v) is 26.9. The highest BCUT2D eigenvalue weighted by molar-refractivity contribution is 5.76. The monoisotopic (exact) mass is 649 g/mol. The minimum absolute atomic E-state index is 0.342. The number of fused-ring (bicyclic) bond motifs is 1. The molecule has 1 unspecified atom stereocenters. The molecule has 3 N–H and O–H groups in total. The Hall–Kier alpha value is -3.69. The molecular weight excluding hydrogens is 603 g/mol. The standard InChI is InChI=1S/C36H45N3O.C2HF3O2/c40-36(21-27-7-1-2-8-27)39(26-34-11-5-6-20-37-34)25-29-14-18-31(19-15-29)30-16-12-28(13-17-30)24-38-35-22-32-9-3-4-10-33(32)23-35;3-2(4,5)1(6)7/h3-4,9-10,12-19,27,34-35,37-38H,1-2,5-8,11,20-26H2;(H,6,7). The lowest BCUT2D eigenvalue weighted by atomic mass is 10.00. The van der Waals surface area contributed by atoms with Crippen molar-refractivity contribution in [2.45, 2.75) is 95.6 Å². The predicted octanol–water partition coefficient (Wildman–Crippen LogP) is 7.29. The van der Waals surface area contributed by atoms with Crippen molar-refractivity contribution in [1.29, 1.82) is 0 Å². The summed E-state index contributed by atoms with van der Waals surface area (Å²) in [5.74, 6) is -1.83. The van der Waals surface area contributed by atoms with E-state index in [1.54, 1.807) is 0 Å². The van der Waals surface area contributed by atoms with E-state index in [1.165, 1.54) is 78.3 Å². The molecule has 1 atom stereocenters. The summed E-state index contributed by atoms with van der Waals surface area (Å²) >= 11 is 0. The van der Waals surface area contributed by atoms with E-state index in [4.69, 9.17) is 9.90 Å². The van der Waals surface area contributed by atoms with Crippen molar-refractivity contribution in [3.63, 3.8) is 0 Å². The molecule has 0 radical (unpaired) electrons. The van der Waals surface area contributed by atoms with Gasteiger partial charge in [0.15, 0.2) is 0 Å². The van der Waals surface area contributed by atoms with Gasteiger partial charge in [0, 0.05) is 38.1 Å². The van der Waals surface area contributed by atoms with E-state index < -0.39 is 12.1 Å². The Kier molecular flexibility index (Phi) is 12.1. The highest BCUT2D eigenvalue weighted by Gasteiger charge is 2.38. The first-order chi connectivity index (χ1) is 22.6. The SMILES string of the molecule is O=C(CC1CCCC1)N(Cc1ccc(-c2ccc(CNC3Cc4ccccc4C3)cc2)cc1)CC1CCCCN1.O=C(O)C(F)(F)F. The number of amides is 1. The molecule has 0 aromatic heterocycles. The number of hydrogen-bond acceptors (Lipinski definition) is 4. The Labute approximate surface area is 275 Å². The lowest BCUT2D eigenvalue weighted by molar-refractivity contribution is -0.192. The Morgan fingerprint density at radius 2 is 1.36 bits per heavy atom. The molecule has 6 nitrogen and oxygen atoms in total. The number of piperidine rings is 1. The highest BCUT2D eigenvalue weighted by Crippen LogP contribution is 2.29. The summed E-state index contributed by atoms with van der Waals surface area (Å²) in [7, 11) is 0. The van der Waals surface area contributed by atoms with Crippen molar-refractivity contribution < 1.29 is 27.9 Å². The molecule has 1 aliphatic heterocycles. The number of rotatable bonds is 10. The third kappa shape index (κ3) is 10.4. The summed E-state index contributed by atoms with van der Waals surface area (Å²) in [6, 6.07) is 27.6. The minimum Gasteiger partial charge on any atom is -0.475 e. The van der Waals surface area contributed by atoms with Gasteiger partial charge in [-0.3, -0.25) is 4.79 Å². The molecule has 3 aromatic carbocycles. The summed E-state index contributed by atoms with van der Waals surface area (Å²) in [5.41, 5.74) is 8.00. The zero-order valence-electron chi connectivity index (χ0n) is 26.9. The van der Waals surface area contributed by atoms with Gasteiger partial charge in [0.2, 0.25) is 5.91 Å². The summed E-state index contributed by atoms with van der Waals surface area (Å²) in [5, 5.41) is 14.5. The molecular formula is C38H46F3N3O3. The van der Waals surface area contributed by atoms with Crippen LogP contribution in [0.1, 0.15) is 73.6 Å². The Morgan fingerprint density at radius 1 is 0.809 bits per heavy atom. The molecule has 3 aromatic rings. The number of aliphatic carboxylic acids is 1. The Balaban J connectivity index is 0.000000559. The second-order valence-corrected chi connectivity index (χ2v) is 13.2. The molecule has 1 heterocycles. The first kappa shape index (κ1) is 34.6. The topological polar surface area (TPSA) is 81.7 Å². The van der Waals surface area contributed by atoms with Crippen molar-refractivity contribution >= 4 is 11.9 Å². The minimum atomic E-state index is -5.08. The molecule has 6 rings (SSSR count). The maximum absolute atomic E-state index is 13.4. The molecule has 0 bridgehead atoms. The number of hydrogen-bond donors (Lipinski definition) is 3. The quantitative estimate of drug-likeness (QED) is 0.215. The zero-order chi connectivity index (χ0) is 33.2. The van der Waals surface area contributed by atoms with Crippen molar-refractivity contribution in [3.8, 4) is 11.1 Å². The van der Waals surface area contributed by atoms with Crippen molar-refractivity contribution in [1.82, 2.24) is 15.5 Å². The average molecular weight is 650 g/mol. The van der Waals surface area contributed by atoms with E-state index in [0.717, 1.165) is 38.9 Å². The van der Waals surface area contributed by atoms with E-state index in [1.807, 2.05) is 0 Å². The van der Waals surface area contributed by atoms with Crippen LogP contribution in [-0.2, 0) is 35.5 Å². The fraction of sp³-hybridized carbons (Fsp3) is 0.474. The molecule has 252 valence electrons. The first-order valence-electron chi connectivity index (χ1n) is 16.9. The highest BCUT2D eigenvalue weighted by atomic mass is 19.4. The third-order valence-electron chi connectivity index (χ3n) is 9.65. The third-order valence-corrected chi connectivity index (χ3v) is 9.65. The molecule has 1 saturated carbocycles. The van der Waals surface area contributed by atoms with Crippen LogP contribution in [0.25, 0.3) is 11.1 Å². The van der Waals surface area contributed by atoms with Crippen LogP contribution in [0.2, 0.25) is 0 Å². The van der Waals surface area contributed by atoms with Gasteiger partial charge in [0.05, 0.1) is 0 Å². The maximum Gasteiger partial charge on any atom is 0.490 e. The first-order valence-corrected chi connectivity index (χ1v) is 16.9. The lowest BCUT2D eigenvalue weighted by Gasteiger charge is -2.31. The van der Waals surface area contributed by atoms with Gasteiger partial charge < -0.3 is 20.6 Å². The fourth-order valence-electron chi connectivity index (χ4n) is 6.99. The van der Waals surface area contributed by atoms with Gasteiger partial charge in [-0.05, 0) is 84.4 Å². The van der Waals surface area contributed by atoms with Crippen molar-refractivity contribution in [2.75, 3.05) is 13.1 Å². The van der Waals surface area contributed by atoms with E-state index in [-0.39, 0.29) is 0 Å². The number of halogens is 3. The molecule has 1 amide bonds. The number of nitrogens with one attached hydrogen (secondary N) is 2. The molecule has 1 saturated heterocycles. The van der Waals surface area contributed by atoms with E-state index in [2.05, 4.69) is 88.3 Å². The van der Waals surface area contributed by atoms with E-state index >= 15 is 0 Å². The molecule has 0 spiro atoms. The van der Waals surface area contributed by atoms with Crippen LogP contribution in [0.15, 0.2) is 72.8 Å². The van der Waals surface area contributed by atoms with Crippen LogP contribution in [0, 0.1) is 5.92 Å². The molecule has 2 aliphatic carbocycles. The Bertz CT molecular complexity index is 1420. The summed E-state index contributed by atoms with van der Waals surface area (Å²) < 4.78 is 31.7. The van der Waals surface area contributed by atoms with Crippen LogP contribution in [0.5, 0.6) is 0 Å². The number of carbonyl (C=O) groups excluding carboxylic acids is 1. The van der Waals surface area contributed by atoms with Crippen molar-refractivity contribution in [3.05, 3.63) is 95.1 Å². The second-order valence-electron chi connectivity index (χ2n) is 13.2. The van der Waals surface area contributed by atoms with Crippen LogP contribution in [0.3, 0.4) is 0 Å². The van der Waals surface area contributed by atoms with Crippen LogP contribution < -0.4 is 10.6 Å². The summed E-state index contributed by atoms with van der Waals surface area (Å²) in [4.78, 5) is 24.4. The number of alkyl halides is 3. The molecule has 9 heteroatoms. The Morgan fingerprint density at radius 3 is 1.89 bits per heavy atom. The molecule has 3 aliphatic rings. The molecule has 2 fully saturated rings. The fourth-order valence-corrected chi connectivity index (χ4v) is 6.99. The smallest absolute Gasteiger partial charge is 0.475 e. The second kappa shape index (κ2) is 16.4.